The van der Waals surface area contributed by atoms with Gasteiger partial charge in [-0.15, -0.1) is 11.3 Å². The Hall–Kier alpha value is -6.80. The zero-order valence-electron chi connectivity index (χ0n) is 37.4. The zero-order valence-corrected chi connectivity index (χ0v) is 30.2. The Balaban J connectivity index is 1.33. The summed E-state index contributed by atoms with van der Waals surface area (Å²) < 4.78 is 76.0. The molecule has 11 rings (SSSR count). The lowest BCUT2D eigenvalue weighted by atomic mass is 9.83. The lowest BCUT2D eigenvalue weighted by molar-refractivity contribution is 1.61. The van der Waals surface area contributed by atoms with Gasteiger partial charge in [0.1, 0.15) is 0 Å². The highest BCUT2D eigenvalue weighted by Gasteiger charge is 2.23. The van der Waals surface area contributed by atoms with Gasteiger partial charge in [0.2, 0.25) is 0 Å². The largest absolute Gasteiger partial charge is 0.135 e. The van der Waals surface area contributed by atoms with Crippen molar-refractivity contribution in [3.63, 3.8) is 0 Å². The van der Waals surface area contributed by atoms with E-state index in [1.807, 2.05) is 109 Å². The van der Waals surface area contributed by atoms with Crippen molar-refractivity contribution >= 4 is 64.5 Å². The van der Waals surface area contributed by atoms with Crippen LogP contribution in [0.25, 0.3) is 108 Å². The molecule has 0 aliphatic rings. The first kappa shape index (κ1) is 24.5. The van der Waals surface area contributed by atoms with Crippen molar-refractivity contribution in [1.29, 1.82) is 0 Å². The normalized spacial score (nSPS) is 13.7. The SMILES string of the molecule is [2H]c1c([2H])c([2H])c2c(-c3c(-c4ccccc4)sc4ccccc34)c3c([2H])c([2H])c([2H])c([2H])c3c(-c3ccc4c(c3)c(-c3cccc(-c5ccccc5)c3)cc3ccccc34)c2c1[2H]. The second-order valence-corrected chi connectivity index (χ2v) is 14.8. The highest BCUT2D eigenvalue weighted by atomic mass is 32.1. The van der Waals surface area contributed by atoms with Gasteiger partial charge in [-0.25, -0.2) is 0 Å². The fourth-order valence-corrected chi connectivity index (χ4v) is 9.46. The van der Waals surface area contributed by atoms with Crippen LogP contribution in [0, 0.1) is 0 Å². The molecular weight excluding hydrogens is 681 g/mol. The summed E-state index contributed by atoms with van der Waals surface area (Å²) in [4.78, 5) is 0.826. The van der Waals surface area contributed by atoms with Gasteiger partial charge in [0.25, 0.3) is 0 Å². The Morgan fingerprint density at radius 3 is 1.64 bits per heavy atom. The molecule has 1 heteroatoms. The van der Waals surface area contributed by atoms with E-state index in [4.69, 9.17) is 5.48 Å². The van der Waals surface area contributed by atoms with Gasteiger partial charge in [-0.1, -0.05) is 182 Å². The first-order chi connectivity index (χ1) is 30.6. The summed E-state index contributed by atoms with van der Waals surface area (Å²) in [6.07, 6.45) is 0. The second-order valence-electron chi connectivity index (χ2n) is 13.8. The molecule has 0 spiro atoms. The maximum absolute atomic E-state index is 9.69. The molecule has 0 saturated carbocycles. The van der Waals surface area contributed by atoms with E-state index in [0.717, 1.165) is 64.3 Å². The quantitative estimate of drug-likeness (QED) is 0.123. The number of hydrogen-bond acceptors (Lipinski definition) is 1. The van der Waals surface area contributed by atoms with Crippen LogP contribution in [0.5, 0.6) is 0 Å². The van der Waals surface area contributed by atoms with Gasteiger partial charge in [0, 0.05) is 20.5 Å². The molecule has 0 unspecified atom stereocenters. The third-order valence-electron chi connectivity index (χ3n) is 10.7. The van der Waals surface area contributed by atoms with Crippen molar-refractivity contribution in [2.75, 3.05) is 0 Å². The van der Waals surface area contributed by atoms with E-state index in [1.54, 1.807) is 11.3 Å². The maximum atomic E-state index is 9.69. The van der Waals surface area contributed by atoms with Gasteiger partial charge >= 0.3 is 0 Å². The Bertz CT molecular complexity index is 3630. The van der Waals surface area contributed by atoms with Crippen LogP contribution in [-0.2, 0) is 0 Å². The highest BCUT2D eigenvalue weighted by Crippen LogP contribution is 2.51. The average Bonchev–Trinajstić information content (AvgIpc) is 3.72. The monoisotopic (exact) mass is 722 g/mol. The summed E-state index contributed by atoms with van der Waals surface area (Å²) in [6.45, 7) is 0. The topological polar surface area (TPSA) is 0 Å². The summed E-state index contributed by atoms with van der Waals surface area (Å²) in [5, 5.41) is 5.55. The molecule has 10 aromatic carbocycles. The Kier molecular flexibility index (Phi) is 5.77. The predicted molar refractivity (Wildman–Crippen MR) is 239 cm³/mol. The van der Waals surface area contributed by atoms with Crippen LogP contribution in [0.4, 0.5) is 0 Å². The highest BCUT2D eigenvalue weighted by molar-refractivity contribution is 7.23. The van der Waals surface area contributed by atoms with Crippen molar-refractivity contribution in [2.45, 2.75) is 0 Å². The van der Waals surface area contributed by atoms with E-state index >= 15 is 0 Å². The minimum Gasteiger partial charge on any atom is -0.135 e. The second kappa shape index (κ2) is 13.0. The Labute approximate surface area is 335 Å². The Morgan fingerprint density at radius 1 is 0.327 bits per heavy atom. The molecule has 0 aliphatic carbocycles. The van der Waals surface area contributed by atoms with Crippen LogP contribution in [0.15, 0.2) is 206 Å². The number of thiophene rings is 1. The first-order valence-corrected chi connectivity index (χ1v) is 19.1. The summed E-state index contributed by atoms with van der Waals surface area (Å²) >= 11 is 1.54. The smallest absolute Gasteiger partial charge is 0.0629 e. The minimum atomic E-state index is -0.427. The standard InChI is InChI=1S/C54H34S/c1-3-16-35(17-4-1)37-21-15-22-38(32-37)48-33-39-20-7-8-23-41(39)42-31-30-40(34-49(42)48)51-43-24-9-11-26-45(43)52(46-27-12-10-25-44(46)51)53-47-28-13-14-29-50(47)55-54(53)36-18-5-2-6-19-36/h1-34H/i9D,10D,11D,12D,24D,25D,26D,27D. The molecule has 0 radical (unpaired) electrons. The molecule has 0 atom stereocenters. The Morgan fingerprint density at radius 2 is 0.909 bits per heavy atom. The number of fused-ring (bicyclic) bond motifs is 6. The molecule has 256 valence electrons. The maximum Gasteiger partial charge on any atom is 0.0629 e. The van der Waals surface area contributed by atoms with E-state index in [9.17, 15) is 5.48 Å². The molecule has 55 heavy (non-hydrogen) atoms. The van der Waals surface area contributed by atoms with Gasteiger partial charge in [0.15, 0.2) is 0 Å². The van der Waals surface area contributed by atoms with Crippen molar-refractivity contribution in [3.05, 3.63) is 206 Å². The van der Waals surface area contributed by atoms with Gasteiger partial charge in [-0.05, 0) is 112 Å². The van der Waals surface area contributed by atoms with Crippen molar-refractivity contribution in [3.8, 4) is 54.9 Å². The molecule has 0 N–H and O–H groups in total. The summed E-state index contributed by atoms with van der Waals surface area (Å²) in [7, 11) is 0. The molecule has 11 aromatic rings. The minimum absolute atomic E-state index is 0.190. The molecule has 0 bridgehead atoms. The molecule has 0 saturated heterocycles. The van der Waals surface area contributed by atoms with E-state index in [2.05, 4.69) is 48.5 Å². The molecule has 0 aliphatic heterocycles. The lowest BCUT2D eigenvalue weighted by Gasteiger charge is -2.19. The zero-order chi connectivity index (χ0) is 43.3. The van der Waals surface area contributed by atoms with Crippen LogP contribution < -0.4 is 0 Å². The van der Waals surface area contributed by atoms with Gasteiger partial charge in [-0.3, -0.25) is 0 Å². The molecular formula is C54H34S. The number of hydrogen-bond donors (Lipinski definition) is 0. The average molecular weight is 723 g/mol. The van der Waals surface area contributed by atoms with Crippen LogP contribution in [0.3, 0.4) is 0 Å². The van der Waals surface area contributed by atoms with Crippen LogP contribution >= 0.6 is 11.3 Å². The summed E-state index contributed by atoms with van der Waals surface area (Å²) in [5.74, 6) is 0. The predicted octanol–water partition coefficient (Wildman–Crippen LogP) is 15.8. The van der Waals surface area contributed by atoms with Gasteiger partial charge in [-0.2, -0.15) is 0 Å². The fourth-order valence-electron chi connectivity index (χ4n) is 8.24. The van der Waals surface area contributed by atoms with Crippen molar-refractivity contribution in [1.82, 2.24) is 0 Å². The third kappa shape index (κ3) is 5.20. The summed E-state index contributed by atoms with van der Waals surface area (Å²) in [6, 6.07) is 49.8. The molecule has 1 heterocycles. The van der Waals surface area contributed by atoms with Crippen LogP contribution in [0.2, 0.25) is 0 Å². The van der Waals surface area contributed by atoms with Gasteiger partial charge in [0.05, 0.1) is 11.0 Å². The first-order valence-electron chi connectivity index (χ1n) is 22.3. The molecule has 0 nitrogen and oxygen atoms in total. The number of benzene rings is 10. The summed E-state index contributed by atoms with van der Waals surface area (Å²) in [5.41, 5.74) is 6.85. The van der Waals surface area contributed by atoms with E-state index in [1.165, 1.54) is 0 Å². The molecule has 1 aromatic heterocycles. The lowest BCUT2D eigenvalue weighted by Crippen LogP contribution is -1.92. The van der Waals surface area contributed by atoms with E-state index in [-0.39, 0.29) is 45.7 Å². The van der Waals surface area contributed by atoms with Crippen molar-refractivity contribution < 1.29 is 11.0 Å². The van der Waals surface area contributed by atoms with Crippen LogP contribution in [0.1, 0.15) is 11.0 Å². The van der Waals surface area contributed by atoms with Crippen LogP contribution in [-0.4, -0.2) is 0 Å². The van der Waals surface area contributed by atoms with Crippen molar-refractivity contribution in [2.24, 2.45) is 0 Å². The third-order valence-corrected chi connectivity index (χ3v) is 11.9. The fraction of sp³-hybridized carbons (Fsp3) is 0. The van der Waals surface area contributed by atoms with E-state index in [0.29, 0.717) is 22.3 Å². The van der Waals surface area contributed by atoms with Gasteiger partial charge < -0.3 is 0 Å². The van der Waals surface area contributed by atoms with E-state index < -0.39 is 24.2 Å². The molecule has 0 amide bonds. The molecule has 0 fully saturated rings. The number of rotatable bonds is 5.